The lowest BCUT2D eigenvalue weighted by molar-refractivity contribution is -0.137. The molecule has 0 saturated carbocycles. The quantitative estimate of drug-likeness (QED) is 0.548. The van der Waals surface area contributed by atoms with E-state index in [1.54, 1.807) is 18.0 Å². The number of furan rings is 1. The molecule has 0 unspecified atom stereocenters. The monoisotopic (exact) mass is 485 g/mol. The Bertz CT molecular complexity index is 995. The van der Waals surface area contributed by atoms with Crippen molar-refractivity contribution in [1.82, 2.24) is 15.1 Å². The third kappa shape index (κ3) is 5.47. The fourth-order valence-corrected chi connectivity index (χ4v) is 4.41. The highest BCUT2D eigenvalue weighted by Gasteiger charge is 2.45. The topological polar surface area (TPSA) is 87.8 Å². The second-order valence-electron chi connectivity index (χ2n) is 8.85. The second kappa shape index (κ2) is 10.5. The molecule has 1 fully saturated rings. The summed E-state index contributed by atoms with van der Waals surface area (Å²) in [5.41, 5.74) is -0.294. The van der Waals surface area contributed by atoms with Crippen LogP contribution in [-0.2, 0) is 39.8 Å². The zero-order valence-corrected chi connectivity index (χ0v) is 19.4. The summed E-state index contributed by atoms with van der Waals surface area (Å²) < 4.78 is 65.7. The molecule has 0 bridgehead atoms. The molecule has 0 spiro atoms. The third-order valence-electron chi connectivity index (χ3n) is 6.10. The number of fused-ring (bicyclic) bond motifs is 3. The molecule has 1 amide bonds. The number of aryl methyl sites for hydroxylation is 2. The summed E-state index contributed by atoms with van der Waals surface area (Å²) in [6.45, 7) is 4.54. The van der Waals surface area contributed by atoms with Gasteiger partial charge < -0.3 is 23.9 Å². The Morgan fingerprint density at radius 1 is 1.35 bits per heavy atom. The molecule has 188 valence electrons. The van der Waals surface area contributed by atoms with Crippen molar-refractivity contribution in [1.29, 1.82) is 0 Å². The Labute approximate surface area is 195 Å². The number of nitrogens with zero attached hydrogens (tertiary/aromatic N) is 2. The average molecular weight is 486 g/mol. The lowest BCUT2D eigenvalue weighted by atomic mass is 9.93. The van der Waals surface area contributed by atoms with Crippen LogP contribution in [-0.4, -0.2) is 61.9 Å². The molecule has 2 aromatic rings. The minimum atomic E-state index is -4.77. The van der Waals surface area contributed by atoms with Gasteiger partial charge in [-0.2, -0.15) is 18.3 Å². The maximum absolute atomic E-state index is 14.2. The summed E-state index contributed by atoms with van der Waals surface area (Å²) in [5, 5.41) is 7.03. The standard InChI is InChI=1S/C23H30F3N3O5/c1-14(4-3-7-31-2)10-27-22(30)21-19(23(24,25)26)18-17(34-21)6-5-15-11-29(28-20(15)18)12-16-13-32-8-9-33-16/h11,14,16H,3-10,12-13H2,1-2H3,(H,27,30)/t14-,16-/m0/s1. The molecule has 8 nitrogen and oxygen atoms in total. The van der Waals surface area contributed by atoms with Gasteiger partial charge in [-0.1, -0.05) is 6.92 Å². The van der Waals surface area contributed by atoms with Gasteiger partial charge in [0.05, 0.1) is 37.6 Å². The van der Waals surface area contributed by atoms with Crippen molar-refractivity contribution < 1.29 is 36.6 Å². The smallest absolute Gasteiger partial charge is 0.420 e. The number of rotatable bonds is 9. The lowest BCUT2D eigenvalue weighted by Crippen LogP contribution is -2.32. The van der Waals surface area contributed by atoms with Crippen molar-refractivity contribution >= 4 is 5.91 Å². The number of halogens is 3. The Morgan fingerprint density at radius 2 is 2.18 bits per heavy atom. The summed E-state index contributed by atoms with van der Waals surface area (Å²) in [6.07, 6.45) is -0.913. The van der Waals surface area contributed by atoms with Gasteiger partial charge in [-0.25, -0.2) is 0 Å². The fraction of sp³-hybridized carbons (Fsp3) is 0.652. The largest absolute Gasteiger partial charge is 0.455 e. The van der Waals surface area contributed by atoms with E-state index in [4.69, 9.17) is 18.6 Å². The Kier molecular flexibility index (Phi) is 7.63. The first-order valence-corrected chi connectivity index (χ1v) is 11.5. The molecule has 1 saturated heterocycles. The van der Waals surface area contributed by atoms with Crippen molar-refractivity contribution in [3.63, 3.8) is 0 Å². The first-order valence-electron chi connectivity index (χ1n) is 11.5. The highest BCUT2D eigenvalue weighted by Crippen LogP contribution is 2.46. The highest BCUT2D eigenvalue weighted by atomic mass is 19.4. The molecular weight excluding hydrogens is 455 g/mol. The van der Waals surface area contributed by atoms with E-state index >= 15 is 0 Å². The van der Waals surface area contributed by atoms with Crippen LogP contribution in [0.25, 0.3) is 11.3 Å². The molecule has 1 N–H and O–H groups in total. The van der Waals surface area contributed by atoms with E-state index in [-0.39, 0.29) is 42.0 Å². The van der Waals surface area contributed by atoms with E-state index in [1.165, 1.54) is 0 Å². The van der Waals surface area contributed by atoms with Crippen LogP contribution in [0.5, 0.6) is 0 Å². The van der Waals surface area contributed by atoms with E-state index < -0.39 is 23.4 Å². The predicted molar refractivity (Wildman–Crippen MR) is 116 cm³/mol. The SMILES string of the molecule is COCCC[C@H](C)CNC(=O)c1oc2c(c1C(F)(F)F)-c1nn(C[C@H]3COCCO3)cc1CC2. The molecule has 2 atom stereocenters. The lowest BCUT2D eigenvalue weighted by Gasteiger charge is -2.22. The molecule has 0 aromatic carbocycles. The Balaban J connectivity index is 1.57. The van der Waals surface area contributed by atoms with Crippen molar-refractivity contribution in [3.05, 3.63) is 28.8 Å². The normalized spacial score (nSPS) is 18.9. The second-order valence-corrected chi connectivity index (χ2v) is 8.85. The van der Waals surface area contributed by atoms with Crippen molar-refractivity contribution in [3.8, 4) is 11.3 Å². The van der Waals surface area contributed by atoms with E-state index in [2.05, 4.69) is 10.4 Å². The van der Waals surface area contributed by atoms with Gasteiger partial charge >= 0.3 is 6.18 Å². The van der Waals surface area contributed by atoms with Crippen LogP contribution in [0.3, 0.4) is 0 Å². The van der Waals surface area contributed by atoms with E-state index in [1.807, 2.05) is 6.92 Å². The fourth-order valence-electron chi connectivity index (χ4n) is 4.41. The van der Waals surface area contributed by atoms with Gasteiger partial charge in [0.25, 0.3) is 5.91 Å². The number of carbonyl (C=O) groups excluding carboxylic acids is 1. The number of hydrogen-bond acceptors (Lipinski definition) is 6. The molecule has 4 rings (SSSR count). The van der Waals surface area contributed by atoms with Crippen LogP contribution < -0.4 is 5.32 Å². The number of aromatic nitrogens is 2. The van der Waals surface area contributed by atoms with E-state index in [0.29, 0.717) is 45.0 Å². The zero-order valence-electron chi connectivity index (χ0n) is 19.4. The minimum Gasteiger partial charge on any atom is -0.455 e. The van der Waals surface area contributed by atoms with Gasteiger partial charge in [-0.15, -0.1) is 0 Å². The first kappa shape index (κ1) is 24.7. The summed E-state index contributed by atoms with van der Waals surface area (Å²) in [6, 6.07) is 0. The van der Waals surface area contributed by atoms with E-state index in [0.717, 1.165) is 12.8 Å². The number of nitrogens with one attached hydrogen (secondary N) is 1. The number of amides is 1. The van der Waals surface area contributed by atoms with Crippen LogP contribution in [0.1, 0.15) is 47.2 Å². The van der Waals surface area contributed by atoms with Crippen LogP contribution in [0.4, 0.5) is 13.2 Å². The molecule has 1 aliphatic carbocycles. The number of hydrogen-bond donors (Lipinski definition) is 1. The zero-order chi connectivity index (χ0) is 24.3. The number of carbonyl (C=O) groups is 1. The van der Waals surface area contributed by atoms with Gasteiger partial charge in [-0.05, 0) is 30.7 Å². The minimum absolute atomic E-state index is 0.0892. The maximum atomic E-state index is 14.2. The van der Waals surface area contributed by atoms with Crippen LogP contribution in [0.2, 0.25) is 0 Å². The molecule has 3 heterocycles. The summed E-state index contributed by atoms with van der Waals surface area (Å²) >= 11 is 0. The molecule has 0 radical (unpaired) electrons. The average Bonchev–Trinajstić information content (AvgIpc) is 3.39. The summed E-state index contributed by atoms with van der Waals surface area (Å²) in [5.74, 6) is -1.34. The van der Waals surface area contributed by atoms with Gasteiger partial charge in [0, 0.05) is 32.9 Å². The molecule has 2 aromatic heterocycles. The van der Waals surface area contributed by atoms with Crippen LogP contribution in [0, 0.1) is 5.92 Å². The van der Waals surface area contributed by atoms with Crippen molar-refractivity contribution in [2.75, 3.05) is 40.1 Å². The Morgan fingerprint density at radius 3 is 2.88 bits per heavy atom. The first-order chi connectivity index (χ1) is 16.3. The number of methoxy groups -OCH3 is 1. The summed E-state index contributed by atoms with van der Waals surface area (Å²) in [7, 11) is 1.61. The molecule has 11 heteroatoms. The van der Waals surface area contributed by atoms with Gasteiger partial charge in [-0.3, -0.25) is 9.48 Å². The summed E-state index contributed by atoms with van der Waals surface area (Å²) in [4.78, 5) is 12.8. The number of ether oxygens (including phenoxy) is 3. The molecule has 1 aliphatic heterocycles. The third-order valence-corrected chi connectivity index (χ3v) is 6.10. The molecule has 34 heavy (non-hydrogen) atoms. The van der Waals surface area contributed by atoms with Crippen LogP contribution >= 0.6 is 0 Å². The van der Waals surface area contributed by atoms with Crippen LogP contribution in [0.15, 0.2) is 10.6 Å². The van der Waals surface area contributed by atoms with E-state index in [9.17, 15) is 18.0 Å². The molecular formula is C23H30F3N3O5. The Hall–Kier alpha value is -2.37. The van der Waals surface area contributed by atoms with Gasteiger partial charge in [0.15, 0.2) is 0 Å². The van der Waals surface area contributed by atoms with Crippen molar-refractivity contribution in [2.45, 2.75) is 51.4 Å². The predicted octanol–water partition coefficient (Wildman–Crippen LogP) is 3.47. The maximum Gasteiger partial charge on any atom is 0.420 e. The van der Waals surface area contributed by atoms with Gasteiger partial charge in [0.1, 0.15) is 17.4 Å². The van der Waals surface area contributed by atoms with Crippen molar-refractivity contribution in [2.24, 2.45) is 5.92 Å². The molecule has 2 aliphatic rings. The highest BCUT2D eigenvalue weighted by molar-refractivity contribution is 5.96. The number of alkyl halides is 3. The van der Waals surface area contributed by atoms with Gasteiger partial charge in [0.2, 0.25) is 5.76 Å².